The smallest absolute Gasteiger partial charge is 0.151 e. The summed E-state index contributed by atoms with van der Waals surface area (Å²) in [5, 5.41) is 17.6. The maximum absolute atomic E-state index is 9.27. The molecular weight excluding hydrogens is 382 g/mol. The van der Waals surface area contributed by atoms with E-state index in [2.05, 4.69) is 50.9 Å². The molecule has 1 atom stereocenters. The summed E-state index contributed by atoms with van der Waals surface area (Å²) in [5.74, 6) is 1.16. The van der Waals surface area contributed by atoms with Gasteiger partial charge in [0, 0.05) is 23.4 Å². The molecule has 31 heavy (non-hydrogen) atoms. The van der Waals surface area contributed by atoms with Crippen LogP contribution >= 0.6 is 0 Å². The molecule has 0 aliphatic carbocycles. The van der Waals surface area contributed by atoms with Crippen molar-refractivity contribution in [3.05, 3.63) is 77.7 Å². The molecule has 2 heterocycles. The van der Waals surface area contributed by atoms with Crippen molar-refractivity contribution in [1.82, 2.24) is 15.1 Å². The molecule has 3 rings (SSSR count). The molecule has 2 aromatic rings. The molecule has 0 bridgehead atoms. The Morgan fingerprint density at radius 3 is 2.58 bits per heavy atom. The maximum Gasteiger partial charge on any atom is 0.151 e. The molecule has 1 aromatic carbocycles. The topological polar surface area (TPSA) is 66.0 Å². The summed E-state index contributed by atoms with van der Waals surface area (Å²) in [7, 11) is 0. The average Bonchev–Trinajstić information content (AvgIpc) is 3.44. The van der Waals surface area contributed by atoms with Gasteiger partial charge >= 0.3 is 0 Å². The third kappa shape index (κ3) is 5.40. The van der Waals surface area contributed by atoms with E-state index in [4.69, 9.17) is 10.1 Å². The van der Waals surface area contributed by atoms with Gasteiger partial charge in [0.15, 0.2) is 5.84 Å². The van der Waals surface area contributed by atoms with Crippen molar-refractivity contribution in [1.29, 1.82) is 5.26 Å². The Bertz CT molecular complexity index is 1020. The van der Waals surface area contributed by atoms with E-state index < -0.39 is 0 Å². The summed E-state index contributed by atoms with van der Waals surface area (Å²) >= 11 is 0. The van der Waals surface area contributed by atoms with Gasteiger partial charge in [-0.05, 0) is 31.4 Å². The van der Waals surface area contributed by atoms with Crippen LogP contribution in [0.2, 0.25) is 0 Å². The predicted molar refractivity (Wildman–Crippen MR) is 130 cm³/mol. The van der Waals surface area contributed by atoms with Crippen molar-refractivity contribution in [2.75, 3.05) is 6.54 Å². The minimum Gasteiger partial charge on any atom is -0.341 e. The molecule has 1 aromatic heterocycles. The van der Waals surface area contributed by atoms with Crippen LogP contribution in [0.4, 0.5) is 0 Å². The maximum atomic E-state index is 9.27. The predicted octanol–water partition coefficient (Wildman–Crippen LogP) is 5.98. The van der Waals surface area contributed by atoms with Gasteiger partial charge in [0.2, 0.25) is 0 Å². The summed E-state index contributed by atoms with van der Waals surface area (Å²) in [6.07, 6.45) is 6.15. The summed E-state index contributed by atoms with van der Waals surface area (Å²) in [6, 6.07) is 12.5. The molecule has 0 amide bonds. The number of rotatable bonds is 7. The highest BCUT2D eigenvalue weighted by Gasteiger charge is 2.27. The van der Waals surface area contributed by atoms with Crippen LogP contribution in [0.15, 0.2) is 71.4 Å². The van der Waals surface area contributed by atoms with E-state index in [-0.39, 0.29) is 0 Å². The van der Waals surface area contributed by atoms with E-state index >= 15 is 0 Å². The first-order valence-corrected chi connectivity index (χ1v) is 11.0. The fraction of sp³-hybridized carbons (Fsp3) is 0.346. The number of nitrogens with one attached hydrogen (secondary N) is 1. The lowest BCUT2D eigenvalue weighted by Gasteiger charge is -2.14. The second-order valence-electron chi connectivity index (χ2n) is 7.03. The average molecular weight is 416 g/mol. The fourth-order valence-electron chi connectivity index (χ4n) is 3.48. The zero-order valence-corrected chi connectivity index (χ0v) is 19.3. The summed E-state index contributed by atoms with van der Waals surface area (Å²) < 4.78 is 2.03. The van der Waals surface area contributed by atoms with Crippen LogP contribution in [-0.4, -0.2) is 22.2 Å². The zero-order valence-electron chi connectivity index (χ0n) is 19.3. The largest absolute Gasteiger partial charge is 0.341 e. The van der Waals surface area contributed by atoms with Gasteiger partial charge in [-0.2, -0.15) is 10.4 Å². The number of nitriles is 1. The Morgan fingerprint density at radius 1 is 1.29 bits per heavy atom. The van der Waals surface area contributed by atoms with Crippen molar-refractivity contribution in [3.8, 4) is 17.3 Å². The Hall–Kier alpha value is -3.39. The number of nitrogens with zero attached hydrogens (tertiary/aromatic N) is 4. The molecule has 5 heteroatoms. The summed E-state index contributed by atoms with van der Waals surface area (Å²) in [5.41, 5.74) is 5.84. The van der Waals surface area contributed by atoms with Crippen LogP contribution in [0.1, 0.15) is 58.2 Å². The first-order valence-electron chi connectivity index (χ1n) is 11.0. The van der Waals surface area contributed by atoms with Gasteiger partial charge < -0.3 is 5.32 Å². The molecule has 1 aliphatic rings. The lowest BCUT2D eigenvalue weighted by atomic mass is 9.93. The lowest BCUT2D eigenvalue weighted by Crippen LogP contribution is -2.23. The van der Waals surface area contributed by atoms with Gasteiger partial charge in [-0.25, -0.2) is 0 Å². The molecule has 162 valence electrons. The van der Waals surface area contributed by atoms with Crippen LogP contribution in [0, 0.1) is 11.3 Å². The van der Waals surface area contributed by atoms with Crippen LogP contribution in [-0.2, 0) is 6.54 Å². The third-order valence-electron chi connectivity index (χ3n) is 5.11. The number of hydrogen-bond donors (Lipinski definition) is 1. The van der Waals surface area contributed by atoms with Crippen molar-refractivity contribution < 1.29 is 0 Å². The number of allylic oxidation sites excluding steroid dienone is 4. The third-order valence-corrected chi connectivity index (χ3v) is 5.11. The first-order chi connectivity index (χ1) is 15.1. The summed E-state index contributed by atoms with van der Waals surface area (Å²) in [4.78, 5) is 4.74. The molecular formula is C26H33N5. The quantitative estimate of drug-likeness (QED) is 0.447. The second-order valence-corrected chi connectivity index (χ2v) is 7.03. The van der Waals surface area contributed by atoms with Crippen LogP contribution in [0.5, 0.6) is 0 Å². The van der Waals surface area contributed by atoms with Gasteiger partial charge in [-0.3, -0.25) is 9.67 Å². The van der Waals surface area contributed by atoms with Gasteiger partial charge in [0.25, 0.3) is 0 Å². The summed E-state index contributed by atoms with van der Waals surface area (Å²) in [6.45, 7) is 15.5. The van der Waals surface area contributed by atoms with E-state index in [0.29, 0.717) is 18.0 Å². The zero-order chi connectivity index (χ0) is 22.8. The molecule has 0 radical (unpaired) electrons. The highest BCUT2D eigenvalue weighted by Crippen LogP contribution is 2.34. The van der Waals surface area contributed by atoms with Crippen molar-refractivity contribution in [2.24, 2.45) is 4.99 Å². The molecule has 5 nitrogen and oxygen atoms in total. The van der Waals surface area contributed by atoms with Crippen molar-refractivity contribution >= 4 is 5.84 Å². The van der Waals surface area contributed by atoms with Gasteiger partial charge in [0.05, 0.1) is 23.9 Å². The molecule has 0 fully saturated rings. The van der Waals surface area contributed by atoms with Crippen LogP contribution in [0.3, 0.4) is 0 Å². The Balaban J connectivity index is 0.00000166. The van der Waals surface area contributed by atoms with Gasteiger partial charge in [-0.15, -0.1) is 0 Å². The molecule has 0 spiro atoms. The molecule has 1 unspecified atom stereocenters. The van der Waals surface area contributed by atoms with E-state index in [9.17, 15) is 5.26 Å². The van der Waals surface area contributed by atoms with E-state index in [1.54, 1.807) is 12.2 Å². The minimum atomic E-state index is 0.341. The van der Waals surface area contributed by atoms with Crippen molar-refractivity contribution in [2.45, 2.75) is 53.5 Å². The van der Waals surface area contributed by atoms with E-state index in [0.717, 1.165) is 41.4 Å². The normalized spacial score (nSPS) is 15.4. The standard InChI is InChI=1S/C24H27N5.C2H6/c1-5-11-18(15-25)14-20-16-26-24(27-20)23-21(17(4)6-2)22(28-29(23)7-3)19-12-9-8-10-13-19;1-2/h5,8-14,17H,1,6-7,16H2,2-4H3,(H,26,27);1-2H3/b18-11+,20-14+;. The first kappa shape index (κ1) is 23.9. The number of amidine groups is 1. The SMILES string of the molecule is C=C/C=C(C#N)\C=C1/CN=C(c2c(C(C)CC)c(-c3ccccc3)nn2CC)N1.CC. The van der Waals surface area contributed by atoms with Crippen LogP contribution < -0.4 is 5.32 Å². The molecule has 0 saturated heterocycles. The molecule has 1 aliphatic heterocycles. The number of aromatic nitrogens is 2. The second kappa shape index (κ2) is 11.7. The van der Waals surface area contributed by atoms with Gasteiger partial charge in [0.1, 0.15) is 5.69 Å². The number of aliphatic imine (C=N–C) groups is 1. The number of aryl methyl sites for hydroxylation is 1. The minimum absolute atomic E-state index is 0.341. The molecule has 0 saturated carbocycles. The highest BCUT2D eigenvalue weighted by atomic mass is 15.3. The number of benzene rings is 1. The van der Waals surface area contributed by atoms with E-state index in [1.165, 1.54) is 5.56 Å². The van der Waals surface area contributed by atoms with Crippen LogP contribution in [0.25, 0.3) is 11.3 Å². The Kier molecular flexibility index (Phi) is 9.02. The highest BCUT2D eigenvalue weighted by molar-refractivity contribution is 6.02. The number of hydrogen-bond acceptors (Lipinski definition) is 4. The fourth-order valence-corrected chi connectivity index (χ4v) is 3.48. The van der Waals surface area contributed by atoms with Gasteiger partial charge in [-0.1, -0.05) is 70.7 Å². The van der Waals surface area contributed by atoms with Crippen molar-refractivity contribution in [3.63, 3.8) is 0 Å². The Morgan fingerprint density at radius 2 is 2.00 bits per heavy atom. The monoisotopic (exact) mass is 415 g/mol. The Labute approximate surface area is 186 Å². The molecule has 1 N–H and O–H groups in total. The lowest BCUT2D eigenvalue weighted by molar-refractivity contribution is 0.649. The van der Waals surface area contributed by atoms with E-state index in [1.807, 2.05) is 42.8 Å².